The number of hydrazine groups is 1. The standard InChI is InChI=1S/C28H26N4O10/c33-7-10(8-34)30-32-26(40)20-18-13-3-1-11(36)5-15(13)29-22(18)23-19(21(20)27(32)41)14-4-2-12(37)6-16(14)31(23)28-25(39)24(38)17(9-35)42-28/h1-6,10,17,24-25,28-30,33-39H,7-9H2/t17-,24-,25+,28+/m1/s1. The molecule has 2 aliphatic heterocycles. The van der Waals surface area contributed by atoms with E-state index in [9.17, 15) is 45.3 Å². The van der Waals surface area contributed by atoms with Gasteiger partial charge < -0.3 is 50.0 Å². The number of hydrogen-bond donors (Lipinski definition) is 9. The minimum absolute atomic E-state index is 0.0141. The van der Waals surface area contributed by atoms with E-state index in [2.05, 4.69) is 10.4 Å². The molecule has 14 heteroatoms. The van der Waals surface area contributed by atoms with Crippen molar-refractivity contribution in [1.29, 1.82) is 0 Å². The number of hydrogen-bond acceptors (Lipinski definition) is 11. The van der Waals surface area contributed by atoms with Crippen molar-refractivity contribution in [3.8, 4) is 11.5 Å². The lowest BCUT2D eigenvalue weighted by Gasteiger charge is -2.20. The van der Waals surface area contributed by atoms with Crippen molar-refractivity contribution in [3.05, 3.63) is 47.5 Å². The molecule has 1 fully saturated rings. The van der Waals surface area contributed by atoms with E-state index in [0.717, 1.165) is 5.01 Å². The van der Waals surface area contributed by atoms with Crippen LogP contribution < -0.4 is 5.43 Å². The van der Waals surface area contributed by atoms with Gasteiger partial charge in [0.1, 0.15) is 29.8 Å². The van der Waals surface area contributed by atoms with Crippen molar-refractivity contribution >= 4 is 55.4 Å². The number of nitrogens with one attached hydrogen (secondary N) is 2. The third-order valence-electron chi connectivity index (χ3n) is 8.11. The third kappa shape index (κ3) is 3.45. The molecule has 7 rings (SSSR count). The lowest BCUT2D eigenvalue weighted by molar-refractivity contribution is -0.0487. The number of nitrogens with zero attached hydrogens (tertiary/aromatic N) is 2. The second kappa shape index (κ2) is 9.37. The molecule has 0 saturated carbocycles. The van der Waals surface area contributed by atoms with Crippen LogP contribution in [0.5, 0.6) is 11.5 Å². The van der Waals surface area contributed by atoms with Crippen LogP contribution in [0.1, 0.15) is 26.9 Å². The van der Waals surface area contributed by atoms with Gasteiger partial charge in [-0.25, -0.2) is 10.4 Å². The first kappa shape index (κ1) is 26.6. The molecule has 9 N–H and O–H groups in total. The lowest BCUT2D eigenvalue weighted by Crippen LogP contribution is -2.50. The molecule has 1 saturated heterocycles. The van der Waals surface area contributed by atoms with E-state index in [-0.39, 0.29) is 28.0 Å². The number of amides is 2. The fourth-order valence-electron chi connectivity index (χ4n) is 6.21. The van der Waals surface area contributed by atoms with Crippen molar-refractivity contribution in [2.45, 2.75) is 30.6 Å². The van der Waals surface area contributed by atoms with Gasteiger partial charge in [-0.05, 0) is 24.3 Å². The number of aliphatic hydroxyl groups is 5. The first-order valence-electron chi connectivity index (χ1n) is 13.2. The third-order valence-corrected chi connectivity index (χ3v) is 8.11. The van der Waals surface area contributed by atoms with Crippen molar-refractivity contribution in [3.63, 3.8) is 0 Å². The Hall–Kier alpha value is -4.28. The highest BCUT2D eigenvalue weighted by Gasteiger charge is 2.47. The zero-order valence-corrected chi connectivity index (χ0v) is 21.7. The number of fused-ring (bicyclic) bond motifs is 10. The first-order valence-corrected chi connectivity index (χ1v) is 13.2. The molecule has 0 spiro atoms. The first-order chi connectivity index (χ1) is 20.2. The Morgan fingerprint density at radius 1 is 0.881 bits per heavy atom. The molecule has 218 valence electrons. The Balaban J connectivity index is 1.66. The average molecular weight is 579 g/mol. The normalized spacial score (nSPS) is 22.7. The fourth-order valence-corrected chi connectivity index (χ4v) is 6.21. The number of aliphatic hydroxyl groups excluding tert-OH is 5. The van der Waals surface area contributed by atoms with Gasteiger partial charge in [-0.2, -0.15) is 0 Å². The van der Waals surface area contributed by atoms with E-state index < -0.39 is 62.2 Å². The SMILES string of the molecule is O=C1c2c(c3c4ccc(O)cc4n([C@H]4O[C@H](CO)[C@@H](O)[C@@H]4O)c3c3[nH]c4cc(O)ccc4c23)C(=O)N1NC(CO)CO. The van der Waals surface area contributed by atoms with E-state index >= 15 is 0 Å². The molecule has 42 heavy (non-hydrogen) atoms. The van der Waals surface area contributed by atoms with E-state index in [0.29, 0.717) is 38.2 Å². The molecule has 14 nitrogen and oxygen atoms in total. The van der Waals surface area contributed by atoms with Crippen LogP contribution in [-0.2, 0) is 4.74 Å². The number of phenols is 2. The van der Waals surface area contributed by atoms with Crippen molar-refractivity contribution in [1.82, 2.24) is 20.0 Å². The summed E-state index contributed by atoms with van der Waals surface area (Å²) in [4.78, 5) is 31.2. The van der Waals surface area contributed by atoms with Crippen LogP contribution in [0.15, 0.2) is 36.4 Å². The molecule has 3 aromatic carbocycles. The lowest BCUT2D eigenvalue weighted by atomic mass is 9.96. The molecule has 0 unspecified atom stereocenters. The number of aromatic hydroxyl groups is 2. The van der Waals surface area contributed by atoms with Gasteiger partial charge in [0, 0.05) is 33.7 Å². The molecular formula is C28H26N4O10. The van der Waals surface area contributed by atoms with Crippen LogP contribution in [0, 0.1) is 0 Å². The van der Waals surface area contributed by atoms with Gasteiger partial charge in [0.25, 0.3) is 11.8 Å². The summed E-state index contributed by atoms with van der Waals surface area (Å²) in [5.41, 5.74) is 3.96. The average Bonchev–Trinajstić information content (AvgIpc) is 3.66. The fraction of sp³-hybridized carbons (Fsp3) is 0.286. The summed E-state index contributed by atoms with van der Waals surface area (Å²) in [6, 6.07) is 7.77. The van der Waals surface area contributed by atoms with Crippen LogP contribution in [0.25, 0.3) is 43.6 Å². The number of imide groups is 1. The van der Waals surface area contributed by atoms with Gasteiger partial charge in [0.15, 0.2) is 6.23 Å². The summed E-state index contributed by atoms with van der Waals surface area (Å²) in [5, 5.41) is 73.5. The predicted octanol–water partition coefficient (Wildman–Crippen LogP) is -0.0945. The molecule has 2 aromatic heterocycles. The van der Waals surface area contributed by atoms with Gasteiger partial charge in [-0.15, -0.1) is 0 Å². The number of ether oxygens (including phenoxy) is 1. The highest BCUT2D eigenvalue weighted by atomic mass is 16.6. The minimum atomic E-state index is -1.52. The van der Waals surface area contributed by atoms with Gasteiger partial charge in [-0.1, -0.05) is 0 Å². The van der Waals surface area contributed by atoms with E-state index in [4.69, 9.17) is 4.74 Å². The number of aromatic nitrogens is 2. The van der Waals surface area contributed by atoms with Crippen LogP contribution in [0.3, 0.4) is 0 Å². The molecule has 2 amide bonds. The molecule has 4 atom stereocenters. The van der Waals surface area contributed by atoms with E-state index in [1.54, 1.807) is 12.1 Å². The molecule has 4 heterocycles. The Morgan fingerprint density at radius 2 is 1.52 bits per heavy atom. The zero-order valence-electron chi connectivity index (χ0n) is 21.7. The van der Waals surface area contributed by atoms with Crippen LogP contribution in [0.4, 0.5) is 0 Å². The van der Waals surface area contributed by atoms with Crippen molar-refractivity contribution in [2.24, 2.45) is 0 Å². The smallest absolute Gasteiger partial charge is 0.276 e. The molecule has 5 aromatic rings. The highest BCUT2D eigenvalue weighted by molar-refractivity contribution is 6.39. The largest absolute Gasteiger partial charge is 0.508 e. The zero-order chi connectivity index (χ0) is 29.6. The van der Waals surface area contributed by atoms with Crippen molar-refractivity contribution < 1.29 is 50.1 Å². The summed E-state index contributed by atoms with van der Waals surface area (Å²) >= 11 is 0. The molecular weight excluding hydrogens is 552 g/mol. The van der Waals surface area contributed by atoms with E-state index in [1.165, 1.54) is 28.8 Å². The summed E-state index contributed by atoms with van der Waals surface area (Å²) in [7, 11) is 0. The Kier molecular flexibility index (Phi) is 5.93. The van der Waals surface area contributed by atoms with Gasteiger partial charge in [0.2, 0.25) is 0 Å². The monoisotopic (exact) mass is 578 g/mol. The molecule has 0 radical (unpaired) electrons. The number of rotatable bonds is 6. The summed E-state index contributed by atoms with van der Waals surface area (Å²) in [6.45, 7) is -1.71. The summed E-state index contributed by atoms with van der Waals surface area (Å²) in [5.74, 6) is -1.71. The maximum absolute atomic E-state index is 14.0. The van der Waals surface area contributed by atoms with Crippen LogP contribution >= 0.6 is 0 Å². The maximum Gasteiger partial charge on any atom is 0.276 e. The number of phenolic OH excluding ortho intramolecular Hbond substituents is 2. The van der Waals surface area contributed by atoms with Crippen LogP contribution in [-0.4, -0.2) is 106 Å². The highest BCUT2D eigenvalue weighted by Crippen LogP contribution is 2.48. The Labute approximate surface area is 235 Å². The topological polar surface area (TPSA) is 221 Å². The summed E-state index contributed by atoms with van der Waals surface area (Å²) < 4.78 is 7.40. The summed E-state index contributed by atoms with van der Waals surface area (Å²) in [6.07, 6.45) is -5.39. The molecule has 0 aliphatic carbocycles. The number of carbonyl (C=O) groups excluding carboxylic acids is 2. The van der Waals surface area contributed by atoms with E-state index in [1.807, 2.05) is 0 Å². The Morgan fingerprint density at radius 3 is 2.17 bits per heavy atom. The quantitative estimate of drug-likeness (QED) is 0.121. The number of carbonyl (C=O) groups is 2. The van der Waals surface area contributed by atoms with Gasteiger partial charge in [0.05, 0.1) is 59.1 Å². The second-order valence-corrected chi connectivity index (χ2v) is 10.5. The Bertz CT molecular complexity index is 1940. The number of benzene rings is 3. The van der Waals surface area contributed by atoms with Gasteiger partial charge in [-0.3, -0.25) is 9.59 Å². The molecule has 0 bridgehead atoms. The van der Waals surface area contributed by atoms with Crippen LogP contribution in [0.2, 0.25) is 0 Å². The van der Waals surface area contributed by atoms with Crippen molar-refractivity contribution in [2.75, 3.05) is 19.8 Å². The maximum atomic E-state index is 14.0. The van der Waals surface area contributed by atoms with Gasteiger partial charge >= 0.3 is 0 Å². The second-order valence-electron chi connectivity index (χ2n) is 10.5. The predicted molar refractivity (Wildman–Crippen MR) is 147 cm³/mol. The minimum Gasteiger partial charge on any atom is -0.508 e. The number of H-pyrrole nitrogens is 1. The number of aromatic amines is 1. The molecule has 2 aliphatic rings.